The summed E-state index contributed by atoms with van der Waals surface area (Å²) in [7, 11) is 0. The van der Waals surface area contributed by atoms with Gasteiger partial charge in [0.15, 0.2) is 6.61 Å². The van der Waals surface area contributed by atoms with Crippen LogP contribution in [-0.4, -0.2) is 23.5 Å². The molecular weight excluding hydrogens is 252 g/mol. The Hall–Kier alpha value is -2.10. The summed E-state index contributed by atoms with van der Waals surface area (Å²) < 4.78 is 5.59. The van der Waals surface area contributed by atoms with Crippen LogP contribution >= 0.6 is 0 Å². The molecule has 1 N–H and O–H groups in total. The molecule has 20 heavy (non-hydrogen) atoms. The lowest BCUT2D eigenvalue weighted by atomic mass is 10.1. The molecule has 1 atom stereocenters. The number of benzene rings is 1. The molecule has 0 saturated heterocycles. The van der Waals surface area contributed by atoms with Gasteiger partial charge in [0.1, 0.15) is 11.3 Å². The van der Waals surface area contributed by atoms with Gasteiger partial charge in [-0.25, -0.2) is 0 Å². The SMILES string of the molecule is CC(C)[C@H](C)NC(=O)COc1cccc2cccnc12. The molecule has 0 fully saturated rings. The predicted octanol–water partition coefficient (Wildman–Crippen LogP) is 2.77. The monoisotopic (exact) mass is 272 g/mol. The van der Waals surface area contributed by atoms with E-state index in [9.17, 15) is 4.79 Å². The van der Waals surface area contributed by atoms with Crippen LogP contribution in [0.5, 0.6) is 5.75 Å². The normalized spacial score (nSPS) is 12.4. The molecule has 4 nitrogen and oxygen atoms in total. The van der Waals surface area contributed by atoms with Crippen LogP contribution in [0.15, 0.2) is 36.5 Å². The number of amides is 1. The Morgan fingerprint density at radius 1 is 1.25 bits per heavy atom. The molecule has 2 rings (SSSR count). The number of nitrogens with one attached hydrogen (secondary N) is 1. The molecule has 0 unspecified atom stereocenters. The molecule has 1 heterocycles. The molecule has 106 valence electrons. The fraction of sp³-hybridized carbons (Fsp3) is 0.375. The maximum absolute atomic E-state index is 11.8. The second kappa shape index (κ2) is 6.37. The molecule has 0 bridgehead atoms. The Labute approximate surface area is 119 Å². The minimum absolute atomic E-state index is 0.00669. The van der Waals surface area contributed by atoms with E-state index in [4.69, 9.17) is 4.74 Å². The van der Waals surface area contributed by atoms with Gasteiger partial charge in [0.2, 0.25) is 0 Å². The van der Waals surface area contributed by atoms with Crippen LogP contribution in [0.4, 0.5) is 0 Å². The van der Waals surface area contributed by atoms with Crippen LogP contribution in [0, 0.1) is 5.92 Å². The van der Waals surface area contributed by atoms with Crippen molar-refractivity contribution in [3.05, 3.63) is 36.5 Å². The maximum atomic E-state index is 11.8. The third kappa shape index (κ3) is 3.47. The first-order valence-corrected chi connectivity index (χ1v) is 6.84. The van der Waals surface area contributed by atoms with E-state index in [2.05, 4.69) is 24.1 Å². The van der Waals surface area contributed by atoms with Crippen LogP contribution in [0.3, 0.4) is 0 Å². The van der Waals surface area contributed by atoms with Gasteiger partial charge in [-0.15, -0.1) is 0 Å². The minimum atomic E-state index is -0.112. The van der Waals surface area contributed by atoms with Gasteiger partial charge in [-0.3, -0.25) is 9.78 Å². The molecular formula is C16H20N2O2. The van der Waals surface area contributed by atoms with E-state index in [-0.39, 0.29) is 18.6 Å². The third-order valence-corrected chi connectivity index (χ3v) is 3.34. The summed E-state index contributed by atoms with van der Waals surface area (Å²) in [4.78, 5) is 16.1. The Morgan fingerprint density at radius 3 is 2.75 bits per heavy atom. The zero-order valence-electron chi connectivity index (χ0n) is 12.1. The van der Waals surface area contributed by atoms with Gasteiger partial charge in [0, 0.05) is 17.6 Å². The summed E-state index contributed by atoms with van der Waals surface area (Å²) >= 11 is 0. The Morgan fingerprint density at radius 2 is 2.00 bits per heavy atom. The van der Waals surface area contributed by atoms with E-state index in [1.54, 1.807) is 6.20 Å². The molecule has 4 heteroatoms. The van der Waals surface area contributed by atoms with Crippen molar-refractivity contribution in [1.82, 2.24) is 10.3 Å². The van der Waals surface area contributed by atoms with Crippen molar-refractivity contribution in [1.29, 1.82) is 0 Å². The van der Waals surface area contributed by atoms with E-state index >= 15 is 0 Å². The number of ether oxygens (including phenoxy) is 1. The van der Waals surface area contributed by atoms with E-state index in [1.807, 2.05) is 37.3 Å². The van der Waals surface area contributed by atoms with Gasteiger partial charge in [-0.05, 0) is 25.0 Å². The number of hydrogen-bond acceptors (Lipinski definition) is 3. The summed E-state index contributed by atoms with van der Waals surface area (Å²) in [5, 5.41) is 3.91. The van der Waals surface area contributed by atoms with Gasteiger partial charge in [0.25, 0.3) is 5.91 Å². The molecule has 0 spiro atoms. The molecule has 1 aromatic carbocycles. The average Bonchev–Trinajstić information content (AvgIpc) is 2.44. The van der Waals surface area contributed by atoms with Gasteiger partial charge in [0.05, 0.1) is 0 Å². The Bertz CT molecular complexity index is 591. The standard InChI is InChI=1S/C16H20N2O2/c1-11(2)12(3)18-15(19)10-20-14-8-4-6-13-7-5-9-17-16(13)14/h4-9,11-12H,10H2,1-3H3,(H,18,19)/t12-/m0/s1. The number of nitrogens with zero attached hydrogens (tertiary/aromatic N) is 1. The van der Waals surface area contributed by atoms with Crippen molar-refractivity contribution >= 4 is 16.8 Å². The smallest absolute Gasteiger partial charge is 0.258 e. The fourth-order valence-electron chi connectivity index (χ4n) is 1.80. The lowest BCUT2D eigenvalue weighted by Gasteiger charge is -2.17. The Kier molecular flexibility index (Phi) is 4.56. The van der Waals surface area contributed by atoms with Gasteiger partial charge >= 0.3 is 0 Å². The van der Waals surface area contributed by atoms with Crippen LogP contribution in [0.2, 0.25) is 0 Å². The molecule has 2 aromatic rings. The number of para-hydroxylation sites is 1. The van der Waals surface area contributed by atoms with Crippen LogP contribution in [-0.2, 0) is 4.79 Å². The molecule has 0 aliphatic heterocycles. The number of carbonyl (C=O) groups excluding carboxylic acids is 1. The zero-order chi connectivity index (χ0) is 14.5. The Balaban J connectivity index is 2.01. The highest BCUT2D eigenvalue weighted by Gasteiger charge is 2.12. The molecule has 1 amide bonds. The van der Waals surface area contributed by atoms with Crippen molar-refractivity contribution in [3.8, 4) is 5.75 Å². The van der Waals surface area contributed by atoms with E-state index < -0.39 is 0 Å². The maximum Gasteiger partial charge on any atom is 0.258 e. The van der Waals surface area contributed by atoms with Crippen molar-refractivity contribution < 1.29 is 9.53 Å². The first-order chi connectivity index (χ1) is 9.58. The largest absolute Gasteiger partial charge is 0.481 e. The topological polar surface area (TPSA) is 51.2 Å². The van der Waals surface area contributed by atoms with Crippen molar-refractivity contribution in [2.45, 2.75) is 26.8 Å². The quantitative estimate of drug-likeness (QED) is 0.910. The average molecular weight is 272 g/mol. The van der Waals surface area contributed by atoms with Crippen LogP contribution in [0.25, 0.3) is 10.9 Å². The highest BCUT2D eigenvalue weighted by Crippen LogP contribution is 2.22. The second-order valence-electron chi connectivity index (χ2n) is 5.22. The van der Waals surface area contributed by atoms with Crippen molar-refractivity contribution in [2.24, 2.45) is 5.92 Å². The molecule has 1 aromatic heterocycles. The number of aromatic nitrogens is 1. The number of carbonyl (C=O) groups is 1. The fourth-order valence-corrected chi connectivity index (χ4v) is 1.80. The summed E-state index contributed by atoms with van der Waals surface area (Å²) in [6, 6.07) is 9.68. The number of pyridine rings is 1. The first-order valence-electron chi connectivity index (χ1n) is 6.84. The van der Waals surface area contributed by atoms with E-state index in [0.717, 1.165) is 10.9 Å². The van der Waals surface area contributed by atoms with E-state index in [0.29, 0.717) is 11.7 Å². The predicted molar refractivity (Wildman–Crippen MR) is 79.7 cm³/mol. The minimum Gasteiger partial charge on any atom is -0.481 e. The molecule has 0 aliphatic carbocycles. The van der Waals surface area contributed by atoms with E-state index in [1.165, 1.54) is 0 Å². The van der Waals surface area contributed by atoms with Crippen LogP contribution in [0.1, 0.15) is 20.8 Å². The van der Waals surface area contributed by atoms with Crippen molar-refractivity contribution in [3.63, 3.8) is 0 Å². The number of hydrogen-bond donors (Lipinski definition) is 1. The van der Waals surface area contributed by atoms with Gasteiger partial charge < -0.3 is 10.1 Å². The lowest BCUT2D eigenvalue weighted by molar-refractivity contribution is -0.123. The van der Waals surface area contributed by atoms with Crippen molar-refractivity contribution in [2.75, 3.05) is 6.61 Å². The van der Waals surface area contributed by atoms with Gasteiger partial charge in [-0.1, -0.05) is 32.0 Å². The molecule has 0 aliphatic rings. The zero-order valence-corrected chi connectivity index (χ0v) is 12.1. The lowest BCUT2D eigenvalue weighted by Crippen LogP contribution is -2.38. The summed E-state index contributed by atoms with van der Waals surface area (Å²) in [5.41, 5.74) is 0.778. The third-order valence-electron chi connectivity index (χ3n) is 3.34. The summed E-state index contributed by atoms with van der Waals surface area (Å²) in [5.74, 6) is 0.924. The first kappa shape index (κ1) is 14.3. The highest BCUT2D eigenvalue weighted by molar-refractivity contribution is 5.85. The second-order valence-corrected chi connectivity index (χ2v) is 5.22. The highest BCUT2D eigenvalue weighted by atomic mass is 16.5. The molecule has 0 radical (unpaired) electrons. The number of fused-ring (bicyclic) bond motifs is 1. The van der Waals surface area contributed by atoms with Crippen LogP contribution < -0.4 is 10.1 Å². The van der Waals surface area contributed by atoms with Gasteiger partial charge in [-0.2, -0.15) is 0 Å². The summed E-state index contributed by atoms with van der Waals surface area (Å²) in [6.45, 7) is 6.13. The number of rotatable bonds is 5. The summed E-state index contributed by atoms with van der Waals surface area (Å²) in [6.07, 6.45) is 1.72. The molecule has 0 saturated carbocycles.